The molecule has 0 aromatic carbocycles. The van der Waals surface area contributed by atoms with Gasteiger partial charge in [0.15, 0.2) is 0 Å². The molecule has 1 N–H and O–H groups in total. The van der Waals surface area contributed by atoms with Crippen molar-refractivity contribution in [1.82, 2.24) is 0 Å². The Labute approximate surface area is 75.2 Å². The third-order valence-corrected chi connectivity index (χ3v) is 0. The zero-order chi connectivity index (χ0) is 2.71. The van der Waals surface area contributed by atoms with E-state index < -0.39 is 0 Å². The molecule has 1 radical (unpaired) electrons. The van der Waals surface area contributed by atoms with Gasteiger partial charge in [0.05, 0.1) is 0 Å². The van der Waals surface area contributed by atoms with Crippen molar-refractivity contribution in [3.05, 3.63) is 0 Å². The summed E-state index contributed by atoms with van der Waals surface area (Å²) in [6, 6.07) is 0. The molecule has 0 aromatic rings. The summed E-state index contributed by atoms with van der Waals surface area (Å²) >= 11 is 0. The van der Waals surface area contributed by atoms with Gasteiger partial charge in [-0.05, 0) is 6.92 Å². The maximum absolute atomic E-state index is 7.57. The minimum atomic E-state index is 0. The van der Waals surface area contributed by atoms with Crippen molar-refractivity contribution in [2.24, 2.45) is 0 Å². The molecule has 0 aliphatic heterocycles. The predicted octanol–water partition coefficient (Wildman–Crippen LogP) is -8.99. The number of hydrogen-bond acceptors (Lipinski definition) is 1. The van der Waals surface area contributed by atoms with Gasteiger partial charge in [0.1, 0.15) is 0 Å². The molecule has 0 unspecified atom stereocenters. The van der Waals surface area contributed by atoms with Gasteiger partial charge in [-0.25, -0.2) is 0 Å². The largest absolute Gasteiger partial charge is 3.00 e. The fourth-order valence-electron chi connectivity index (χ4n) is 0. The summed E-state index contributed by atoms with van der Waals surface area (Å²) in [5, 5.41) is 7.57. The topological polar surface area (TPSA) is 20.2 Å². The van der Waals surface area contributed by atoms with Crippen molar-refractivity contribution in [1.29, 1.82) is 0 Å². The van der Waals surface area contributed by atoms with Gasteiger partial charge in [0.25, 0.3) is 0 Å². The second kappa shape index (κ2) is 51.6. The summed E-state index contributed by atoms with van der Waals surface area (Å²) in [5.74, 6) is 0. The van der Waals surface area contributed by atoms with E-state index in [-0.39, 0.29) is 63.3 Å². The van der Waals surface area contributed by atoms with Gasteiger partial charge < -0.3 is 42.3 Å². The van der Waals surface area contributed by atoms with E-state index in [4.69, 9.17) is 5.11 Å². The van der Waals surface area contributed by atoms with Crippen LogP contribution in [0.4, 0.5) is 0 Å². The molecule has 0 saturated carbocycles. The van der Waals surface area contributed by atoms with Gasteiger partial charge in [0, 0.05) is 6.61 Å². The van der Waals surface area contributed by atoms with Gasteiger partial charge in [-0.3, -0.25) is 0 Å². The van der Waals surface area contributed by atoms with Crippen molar-refractivity contribution in [3.8, 4) is 0 Å². The van der Waals surface area contributed by atoms with Crippen LogP contribution in [0.3, 0.4) is 0 Å². The van der Waals surface area contributed by atoms with Gasteiger partial charge in [-0.15, -0.1) is 0 Å². The minimum Gasteiger partial charge on any atom is -1.00 e. The molecule has 0 aliphatic carbocycles. The first-order chi connectivity index (χ1) is 1.41. The second-order valence-corrected chi connectivity index (χ2v) is 0.316. The molecule has 0 spiro atoms. The first kappa shape index (κ1) is 39.4. The normalized spacial score (nSPS) is 2.57. The van der Waals surface area contributed by atoms with Crippen LogP contribution in [0.2, 0.25) is 0 Å². The second-order valence-electron chi connectivity index (χ2n) is 0.316. The third-order valence-electron chi connectivity index (χ3n) is 0. The van der Waals surface area contributed by atoms with E-state index in [1.54, 1.807) is 6.92 Å². The summed E-state index contributed by atoms with van der Waals surface area (Å²) in [6.45, 7) is 1.93. The number of hydrogen-bond donors (Lipinski definition) is 1. The minimum absolute atomic E-state index is 0. The van der Waals surface area contributed by atoms with Crippen LogP contribution >= 0.6 is 0 Å². The number of halogens is 3. The molecule has 0 fully saturated rings. The molecule has 0 heterocycles. The van der Waals surface area contributed by atoms with Crippen LogP contribution in [0.5, 0.6) is 0 Å². The van der Waals surface area contributed by atoms with Gasteiger partial charge >= 0.3 is 19.5 Å². The van der Waals surface area contributed by atoms with Gasteiger partial charge in [-0.1, -0.05) is 0 Å². The van der Waals surface area contributed by atoms with E-state index in [1.807, 2.05) is 0 Å². The van der Waals surface area contributed by atoms with E-state index in [2.05, 4.69) is 0 Å². The molecular weight excluding hydrogens is 247 g/mol. The molecule has 1 nitrogen and oxygen atoms in total. The number of rotatable bonds is 0. The first-order valence-electron chi connectivity index (χ1n) is 1.02. The molecule has 0 atom stereocenters. The summed E-state index contributed by atoms with van der Waals surface area (Å²) in [4.78, 5) is 0. The van der Waals surface area contributed by atoms with Crippen LogP contribution < -0.4 is 37.2 Å². The molecule has 0 bridgehead atoms. The van der Waals surface area contributed by atoms with Crippen molar-refractivity contribution >= 4 is 0 Å². The van der Waals surface area contributed by atoms with E-state index in [1.165, 1.54) is 0 Å². The molecule has 7 heavy (non-hydrogen) atoms. The van der Waals surface area contributed by atoms with E-state index in [9.17, 15) is 0 Å². The first-order valence-corrected chi connectivity index (χ1v) is 1.02. The Balaban J connectivity index is -0.00000000333. The van der Waals surface area contributed by atoms with Crippen molar-refractivity contribution in [2.75, 3.05) is 6.61 Å². The third kappa shape index (κ3) is 105. The maximum Gasteiger partial charge on any atom is 3.00 e. The molecule has 0 amide bonds. The van der Waals surface area contributed by atoms with Crippen LogP contribution in [0.1, 0.15) is 6.92 Å². The summed E-state index contributed by atoms with van der Waals surface area (Å²) in [6.07, 6.45) is 0. The molecule has 0 aliphatic rings. The molecule has 0 aromatic heterocycles. The van der Waals surface area contributed by atoms with E-state index >= 15 is 0 Å². The Kier molecular flexibility index (Phi) is 290. The summed E-state index contributed by atoms with van der Waals surface area (Å²) in [5.41, 5.74) is 0. The fourth-order valence-corrected chi connectivity index (χ4v) is 0. The Morgan fingerprint density at radius 3 is 1.14 bits per heavy atom. The SMILES string of the molecule is CCO.[Cl-].[Cl-].[Cl-].[Ru+3]. The summed E-state index contributed by atoms with van der Waals surface area (Å²) in [7, 11) is 0. The fraction of sp³-hybridized carbons (Fsp3) is 1.00. The molecular formula is C2H6Cl3ORu. The van der Waals surface area contributed by atoms with Crippen molar-refractivity contribution in [2.45, 2.75) is 6.92 Å². The Hall–Kier alpha value is 1.45. The average molecular weight is 253 g/mol. The predicted molar refractivity (Wildman–Crippen MR) is 12.8 cm³/mol. The smallest absolute Gasteiger partial charge is 1.00 e. The van der Waals surface area contributed by atoms with Crippen LogP contribution in [0.15, 0.2) is 0 Å². The Bertz CT molecular complexity index is 12.9. The summed E-state index contributed by atoms with van der Waals surface area (Å²) < 4.78 is 0. The van der Waals surface area contributed by atoms with Gasteiger partial charge in [-0.2, -0.15) is 0 Å². The zero-order valence-corrected chi connectivity index (χ0v) is 7.65. The maximum atomic E-state index is 7.57. The quantitative estimate of drug-likeness (QED) is 0.425. The standard InChI is InChI=1S/C2H6O.3ClH.Ru/c1-2-3;;;;/h3H,2H2,1H3;3*1H;/q;;;;+3/p-3. The van der Waals surface area contributed by atoms with E-state index in [0.29, 0.717) is 0 Å². The zero-order valence-electron chi connectivity index (χ0n) is 3.64. The van der Waals surface area contributed by atoms with Crippen LogP contribution in [0.25, 0.3) is 0 Å². The molecule has 5 heteroatoms. The molecule has 0 saturated heterocycles. The van der Waals surface area contributed by atoms with E-state index in [0.717, 1.165) is 0 Å². The van der Waals surface area contributed by atoms with Crippen molar-refractivity contribution < 1.29 is 61.8 Å². The van der Waals surface area contributed by atoms with Crippen molar-refractivity contribution in [3.63, 3.8) is 0 Å². The molecule has 0 rings (SSSR count). The Morgan fingerprint density at radius 2 is 1.14 bits per heavy atom. The Morgan fingerprint density at radius 1 is 1.14 bits per heavy atom. The number of aliphatic hydroxyl groups excluding tert-OH is 1. The van der Waals surface area contributed by atoms with Crippen LogP contribution in [-0.2, 0) is 19.5 Å². The number of aliphatic hydroxyl groups is 1. The van der Waals surface area contributed by atoms with Crippen LogP contribution in [-0.4, -0.2) is 11.7 Å². The molecule has 49 valence electrons. The van der Waals surface area contributed by atoms with Gasteiger partial charge in [0.2, 0.25) is 0 Å². The monoisotopic (exact) mass is 253 g/mol. The van der Waals surface area contributed by atoms with Crippen LogP contribution in [0, 0.1) is 0 Å². The average Bonchev–Trinajstić information content (AvgIpc) is 0.918.